The number of para-hydroxylation sites is 1. The van der Waals surface area contributed by atoms with Crippen LogP contribution in [0.2, 0.25) is 5.02 Å². The number of methoxy groups -OCH3 is 2. The third-order valence-electron chi connectivity index (χ3n) is 4.59. The highest BCUT2D eigenvalue weighted by molar-refractivity contribution is 6.32. The first-order chi connectivity index (χ1) is 13.1. The number of rotatable bonds is 5. The fourth-order valence-electron chi connectivity index (χ4n) is 3.13. The Morgan fingerprint density at radius 1 is 1.04 bits per heavy atom. The molecule has 0 bridgehead atoms. The van der Waals surface area contributed by atoms with Crippen molar-refractivity contribution in [3.8, 4) is 11.5 Å². The van der Waals surface area contributed by atoms with Crippen LogP contribution in [0.5, 0.6) is 11.5 Å². The van der Waals surface area contributed by atoms with Gasteiger partial charge in [-0.25, -0.2) is 0 Å². The van der Waals surface area contributed by atoms with Crippen LogP contribution in [0.25, 0.3) is 6.08 Å². The number of piperazine rings is 1. The van der Waals surface area contributed by atoms with Gasteiger partial charge >= 0.3 is 0 Å². The van der Waals surface area contributed by atoms with Crippen LogP contribution in [0.1, 0.15) is 5.56 Å². The van der Waals surface area contributed by atoms with Crippen LogP contribution in [0.15, 0.2) is 48.5 Å². The lowest BCUT2D eigenvalue weighted by Gasteiger charge is -2.35. The first-order valence-electron chi connectivity index (χ1n) is 8.81. The van der Waals surface area contributed by atoms with E-state index in [0.717, 1.165) is 18.7 Å². The van der Waals surface area contributed by atoms with E-state index >= 15 is 0 Å². The molecule has 1 heterocycles. The number of amides is 1. The number of carbonyl (C=O) groups is 1. The van der Waals surface area contributed by atoms with Gasteiger partial charge in [0.05, 0.1) is 19.2 Å². The molecule has 0 aliphatic carbocycles. The van der Waals surface area contributed by atoms with Crippen molar-refractivity contribution in [2.24, 2.45) is 0 Å². The molecule has 0 spiro atoms. The minimum atomic E-state index is -0.00591. The first-order valence-corrected chi connectivity index (χ1v) is 9.18. The molecule has 3 rings (SSSR count). The van der Waals surface area contributed by atoms with E-state index in [1.807, 2.05) is 23.1 Å². The number of ether oxygens (including phenoxy) is 2. The summed E-state index contributed by atoms with van der Waals surface area (Å²) in [5.74, 6) is 1.02. The average Bonchev–Trinajstić information content (AvgIpc) is 2.72. The van der Waals surface area contributed by atoms with E-state index in [4.69, 9.17) is 21.1 Å². The van der Waals surface area contributed by atoms with Crippen LogP contribution in [0, 0.1) is 0 Å². The molecule has 0 N–H and O–H groups in total. The zero-order valence-electron chi connectivity index (χ0n) is 15.5. The fraction of sp³-hybridized carbons (Fsp3) is 0.286. The highest BCUT2D eigenvalue weighted by atomic mass is 35.5. The molecule has 0 radical (unpaired) electrons. The molecule has 1 aliphatic rings. The summed E-state index contributed by atoms with van der Waals surface area (Å²) in [6.45, 7) is 3.05. The molecule has 1 saturated heterocycles. The summed E-state index contributed by atoms with van der Waals surface area (Å²) in [5.41, 5.74) is 1.98. The third-order valence-corrected chi connectivity index (χ3v) is 4.87. The second kappa shape index (κ2) is 8.82. The molecule has 6 heteroatoms. The number of hydrogen-bond acceptors (Lipinski definition) is 4. The van der Waals surface area contributed by atoms with Crippen LogP contribution in [-0.4, -0.2) is 51.2 Å². The molecule has 1 fully saturated rings. The molecule has 0 atom stereocenters. The van der Waals surface area contributed by atoms with E-state index in [1.54, 1.807) is 31.4 Å². The van der Waals surface area contributed by atoms with Gasteiger partial charge in [-0.1, -0.05) is 29.8 Å². The monoisotopic (exact) mass is 386 g/mol. The van der Waals surface area contributed by atoms with Gasteiger partial charge in [0.15, 0.2) is 11.5 Å². The van der Waals surface area contributed by atoms with Gasteiger partial charge in [-0.05, 0) is 35.9 Å². The van der Waals surface area contributed by atoms with Gasteiger partial charge in [0.1, 0.15) is 0 Å². The van der Waals surface area contributed by atoms with E-state index in [2.05, 4.69) is 17.0 Å². The van der Waals surface area contributed by atoms with Crippen molar-refractivity contribution < 1.29 is 14.3 Å². The molecule has 27 heavy (non-hydrogen) atoms. The molecule has 2 aromatic rings. The number of nitrogens with zero attached hydrogens (tertiary/aromatic N) is 2. The molecule has 1 aliphatic heterocycles. The number of hydrogen-bond donors (Lipinski definition) is 0. The Morgan fingerprint density at radius 2 is 1.74 bits per heavy atom. The highest BCUT2D eigenvalue weighted by Crippen LogP contribution is 2.36. The maximum Gasteiger partial charge on any atom is 0.246 e. The van der Waals surface area contributed by atoms with Gasteiger partial charge in [0.25, 0.3) is 0 Å². The van der Waals surface area contributed by atoms with Crippen molar-refractivity contribution in [3.05, 3.63) is 59.1 Å². The fourth-order valence-corrected chi connectivity index (χ4v) is 3.43. The van der Waals surface area contributed by atoms with Crippen molar-refractivity contribution >= 4 is 29.3 Å². The Labute approximate surface area is 164 Å². The summed E-state index contributed by atoms with van der Waals surface area (Å²) in [4.78, 5) is 16.7. The smallest absolute Gasteiger partial charge is 0.246 e. The number of benzene rings is 2. The SMILES string of the molecule is COc1cc(/C=C/C(=O)N2CCN(c3ccccc3)CC2)cc(Cl)c1OC. The highest BCUT2D eigenvalue weighted by Gasteiger charge is 2.19. The van der Waals surface area contributed by atoms with Gasteiger partial charge in [-0.15, -0.1) is 0 Å². The van der Waals surface area contributed by atoms with E-state index < -0.39 is 0 Å². The van der Waals surface area contributed by atoms with Gasteiger partial charge in [0, 0.05) is 37.9 Å². The largest absolute Gasteiger partial charge is 0.493 e. The Kier molecular flexibility index (Phi) is 6.24. The number of anilines is 1. The summed E-state index contributed by atoms with van der Waals surface area (Å²) < 4.78 is 10.5. The predicted molar refractivity (Wildman–Crippen MR) is 109 cm³/mol. The van der Waals surface area contributed by atoms with E-state index in [1.165, 1.54) is 12.8 Å². The second-order valence-corrected chi connectivity index (χ2v) is 6.63. The van der Waals surface area contributed by atoms with Gasteiger partial charge < -0.3 is 19.3 Å². The molecule has 1 amide bonds. The maximum absolute atomic E-state index is 12.5. The minimum absolute atomic E-state index is 0.00591. The Morgan fingerprint density at radius 3 is 2.37 bits per heavy atom. The lowest BCUT2D eigenvalue weighted by Crippen LogP contribution is -2.48. The zero-order chi connectivity index (χ0) is 19.2. The van der Waals surface area contributed by atoms with Crippen molar-refractivity contribution in [2.75, 3.05) is 45.3 Å². The standard InChI is InChI=1S/C21H23ClN2O3/c1-26-19-15-16(14-18(22)21(19)27-2)8-9-20(25)24-12-10-23(11-13-24)17-6-4-3-5-7-17/h3-9,14-15H,10-13H2,1-2H3/b9-8+. The molecule has 2 aromatic carbocycles. The topological polar surface area (TPSA) is 42.0 Å². The Bertz CT molecular complexity index is 816. The molecule has 5 nitrogen and oxygen atoms in total. The maximum atomic E-state index is 12.5. The molecular formula is C21H23ClN2O3. The van der Waals surface area contributed by atoms with Crippen molar-refractivity contribution in [1.29, 1.82) is 0 Å². The molecule has 142 valence electrons. The van der Waals surface area contributed by atoms with Gasteiger partial charge in [-0.2, -0.15) is 0 Å². The third kappa shape index (κ3) is 4.55. The number of carbonyl (C=O) groups excluding carboxylic acids is 1. The van der Waals surface area contributed by atoms with Crippen LogP contribution in [0.4, 0.5) is 5.69 Å². The predicted octanol–water partition coefficient (Wildman–Crippen LogP) is 3.72. The van der Waals surface area contributed by atoms with E-state index in [0.29, 0.717) is 29.6 Å². The van der Waals surface area contributed by atoms with Crippen LogP contribution in [0.3, 0.4) is 0 Å². The van der Waals surface area contributed by atoms with Crippen molar-refractivity contribution in [2.45, 2.75) is 0 Å². The quantitative estimate of drug-likeness (QED) is 0.734. The summed E-state index contributed by atoms with van der Waals surface area (Å²) >= 11 is 6.21. The van der Waals surface area contributed by atoms with Gasteiger partial charge in [-0.3, -0.25) is 4.79 Å². The van der Waals surface area contributed by atoms with Crippen LogP contribution >= 0.6 is 11.6 Å². The lowest BCUT2D eigenvalue weighted by molar-refractivity contribution is -0.126. The molecule has 0 aromatic heterocycles. The normalized spacial score (nSPS) is 14.5. The minimum Gasteiger partial charge on any atom is -0.493 e. The second-order valence-electron chi connectivity index (χ2n) is 6.22. The van der Waals surface area contributed by atoms with Crippen LogP contribution < -0.4 is 14.4 Å². The van der Waals surface area contributed by atoms with E-state index in [-0.39, 0.29) is 5.91 Å². The zero-order valence-corrected chi connectivity index (χ0v) is 16.3. The number of halogens is 1. The summed E-state index contributed by atoms with van der Waals surface area (Å²) in [5, 5.41) is 0.445. The van der Waals surface area contributed by atoms with Crippen molar-refractivity contribution in [3.63, 3.8) is 0 Å². The Balaban J connectivity index is 1.62. The van der Waals surface area contributed by atoms with Gasteiger partial charge in [0.2, 0.25) is 5.91 Å². The summed E-state index contributed by atoms with van der Waals surface area (Å²) in [7, 11) is 3.09. The summed E-state index contributed by atoms with van der Waals surface area (Å²) in [6.07, 6.45) is 3.33. The van der Waals surface area contributed by atoms with Crippen molar-refractivity contribution in [1.82, 2.24) is 4.90 Å². The molecular weight excluding hydrogens is 364 g/mol. The van der Waals surface area contributed by atoms with Crippen LogP contribution in [-0.2, 0) is 4.79 Å². The molecule has 0 unspecified atom stereocenters. The molecule has 0 saturated carbocycles. The first kappa shape index (κ1) is 19.1. The average molecular weight is 387 g/mol. The van der Waals surface area contributed by atoms with E-state index in [9.17, 15) is 4.79 Å². The summed E-state index contributed by atoms with van der Waals surface area (Å²) in [6, 6.07) is 13.8. The lowest BCUT2D eigenvalue weighted by atomic mass is 10.1. The Hall–Kier alpha value is -2.66.